The molecule has 62 valence electrons. The van der Waals surface area contributed by atoms with Gasteiger partial charge in [-0.25, -0.2) is 4.79 Å². The predicted molar refractivity (Wildman–Crippen MR) is 44.7 cm³/mol. The van der Waals surface area contributed by atoms with Gasteiger partial charge in [-0.2, -0.15) is 0 Å². The number of nitrogens with two attached hydrogens (primary N) is 1. The summed E-state index contributed by atoms with van der Waals surface area (Å²) in [6.45, 7) is 2.24. The Morgan fingerprint density at radius 2 is 2.25 bits per heavy atom. The van der Waals surface area contributed by atoms with Crippen molar-refractivity contribution in [2.24, 2.45) is 0 Å². The summed E-state index contributed by atoms with van der Waals surface area (Å²) in [6, 6.07) is 3.58. The normalized spacial score (nSPS) is 14.2. The number of nitrogen functional groups attached to an aromatic ring is 1. The number of benzene rings is 1. The lowest BCUT2D eigenvalue weighted by Gasteiger charge is -2.00. The van der Waals surface area contributed by atoms with Crippen LogP contribution < -0.4 is 5.73 Å². The van der Waals surface area contributed by atoms with Crippen LogP contribution in [0.25, 0.3) is 0 Å². The van der Waals surface area contributed by atoms with Crippen molar-refractivity contribution in [1.29, 1.82) is 0 Å². The molecule has 1 aliphatic rings. The van der Waals surface area contributed by atoms with E-state index in [1.807, 2.05) is 6.92 Å². The highest BCUT2D eigenvalue weighted by atomic mass is 16.5. The van der Waals surface area contributed by atoms with E-state index in [1.54, 1.807) is 12.1 Å². The van der Waals surface area contributed by atoms with Gasteiger partial charge in [0.25, 0.3) is 0 Å². The van der Waals surface area contributed by atoms with Crippen LogP contribution in [0.4, 0.5) is 5.69 Å². The number of carbonyl (C=O) groups excluding carboxylic acids is 1. The van der Waals surface area contributed by atoms with E-state index >= 15 is 0 Å². The fourth-order valence-electron chi connectivity index (χ4n) is 1.30. The zero-order chi connectivity index (χ0) is 8.72. The molecule has 2 N–H and O–H groups in total. The van der Waals surface area contributed by atoms with Gasteiger partial charge in [-0.15, -0.1) is 0 Å². The summed E-state index contributed by atoms with van der Waals surface area (Å²) in [4.78, 5) is 11.1. The summed E-state index contributed by atoms with van der Waals surface area (Å²) in [5.74, 6) is -0.242. The van der Waals surface area contributed by atoms with Gasteiger partial charge in [-0.3, -0.25) is 0 Å². The van der Waals surface area contributed by atoms with E-state index in [0.29, 0.717) is 17.9 Å². The third kappa shape index (κ3) is 0.863. The second-order valence-corrected chi connectivity index (χ2v) is 2.94. The third-order valence-electron chi connectivity index (χ3n) is 2.07. The van der Waals surface area contributed by atoms with E-state index in [0.717, 1.165) is 11.1 Å². The first-order chi connectivity index (χ1) is 5.68. The molecule has 0 aliphatic carbocycles. The molecule has 0 saturated carbocycles. The van der Waals surface area contributed by atoms with Crippen molar-refractivity contribution in [3.8, 4) is 0 Å². The first kappa shape index (κ1) is 7.16. The molecular formula is C9H9NO2. The number of ether oxygens (including phenoxy) is 1. The number of aryl methyl sites for hydroxylation is 1. The molecule has 1 aliphatic heterocycles. The maximum atomic E-state index is 11.1. The Morgan fingerprint density at radius 1 is 1.50 bits per heavy atom. The molecule has 1 heterocycles. The summed E-state index contributed by atoms with van der Waals surface area (Å²) in [7, 11) is 0. The molecule has 3 heteroatoms. The lowest BCUT2D eigenvalue weighted by Crippen LogP contribution is -1.96. The van der Waals surface area contributed by atoms with Gasteiger partial charge in [-0.05, 0) is 24.6 Å². The van der Waals surface area contributed by atoms with E-state index in [4.69, 9.17) is 10.5 Å². The largest absolute Gasteiger partial charge is 0.457 e. The lowest BCUT2D eigenvalue weighted by molar-refractivity contribution is 0.0535. The van der Waals surface area contributed by atoms with Crippen molar-refractivity contribution in [1.82, 2.24) is 0 Å². The van der Waals surface area contributed by atoms with Crippen LogP contribution in [0.3, 0.4) is 0 Å². The molecule has 0 unspecified atom stereocenters. The number of hydrogen-bond donors (Lipinski definition) is 1. The Morgan fingerprint density at radius 3 is 3.00 bits per heavy atom. The highest BCUT2D eigenvalue weighted by molar-refractivity contribution is 5.94. The Kier molecular flexibility index (Phi) is 1.33. The van der Waals surface area contributed by atoms with Crippen LogP contribution in [0.15, 0.2) is 12.1 Å². The van der Waals surface area contributed by atoms with Gasteiger partial charge >= 0.3 is 5.97 Å². The number of anilines is 1. The van der Waals surface area contributed by atoms with E-state index in [1.165, 1.54) is 0 Å². The van der Waals surface area contributed by atoms with E-state index in [-0.39, 0.29) is 5.97 Å². The molecular weight excluding hydrogens is 154 g/mol. The highest BCUT2D eigenvalue weighted by Crippen LogP contribution is 2.24. The van der Waals surface area contributed by atoms with E-state index < -0.39 is 0 Å². The molecule has 0 bridgehead atoms. The standard InChI is InChI=1S/C9H9NO2/c1-5-2-7-6(3-8(5)10)4-12-9(7)11/h2-3H,4,10H2,1H3. The fraction of sp³-hybridized carbons (Fsp3) is 0.222. The summed E-state index contributed by atoms with van der Waals surface area (Å²) in [5.41, 5.74) is 8.86. The van der Waals surface area contributed by atoms with Crippen LogP contribution in [0.5, 0.6) is 0 Å². The van der Waals surface area contributed by atoms with Crippen LogP contribution in [0.1, 0.15) is 21.5 Å². The Bertz CT molecular complexity index is 358. The molecule has 1 aromatic rings. The molecule has 0 radical (unpaired) electrons. The molecule has 0 atom stereocenters. The Labute approximate surface area is 70.1 Å². The van der Waals surface area contributed by atoms with Gasteiger partial charge in [0.05, 0.1) is 5.56 Å². The minimum Gasteiger partial charge on any atom is -0.457 e. The molecule has 0 fully saturated rings. The number of fused-ring (bicyclic) bond motifs is 1. The maximum Gasteiger partial charge on any atom is 0.338 e. The summed E-state index contributed by atoms with van der Waals surface area (Å²) >= 11 is 0. The van der Waals surface area contributed by atoms with E-state index in [2.05, 4.69) is 0 Å². The number of carbonyl (C=O) groups is 1. The minimum absolute atomic E-state index is 0.242. The van der Waals surface area contributed by atoms with Crippen molar-refractivity contribution in [2.75, 3.05) is 5.73 Å². The van der Waals surface area contributed by atoms with Crippen LogP contribution >= 0.6 is 0 Å². The molecule has 0 amide bonds. The topological polar surface area (TPSA) is 52.3 Å². The Hall–Kier alpha value is -1.51. The summed E-state index contributed by atoms with van der Waals surface area (Å²) in [6.07, 6.45) is 0. The Balaban J connectivity index is 2.63. The highest BCUT2D eigenvalue weighted by Gasteiger charge is 2.21. The average Bonchev–Trinajstić information content (AvgIpc) is 2.35. The number of hydrogen-bond acceptors (Lipinski definition) is 3. The van der Waals surface area contributed by atoms with Gasteiger partial charge in [0, 0.05) is 11.3 Å². The quantitative estimate of drug-likeness (QED) is 0.462. The second-order valence-electron chi connectivity index (χ2n) is 2.94. The number of rotatable bonds is 0. The molecule has 1 aromatic carbocycles. The smallest absolute Gasteiger partial charge is 0.338 e. The zero-order valence-corrected chi connectivity index (χ0v) is 6.76. The third-order valence-corrected chi connectivity index (χ3v) is 2.07. The number of esters is 1. The van der Waals surface area contributed by atoms with Crippen LogP contribution in [-0.2, 0) is 11.3 Å². The van der Waals surface area contributed by atoms with Gasteiger partial charge in [0.1, 0.15) is 6.61 Å². The van der Waals surface area contributed by atoms with Crippen molar-refractivity contribution in [3.63, 3.8) is 0 Å². The van der Waals surface area contributed by atoms with Crippen LogP contribution in [0, 0.1) is 6.92 Å². The molecule has 0 aromatic heterocycles. The lowest BCUT2D eigenvalue weighted by atomic mass is 10.1. The maximum absolute atomic E-state index is 11.1. The first-order valence-corrected chi connectivity index (χ1v) is 3.74. The van der Waals surface area contributed by atoms with Gasteiger partial charge in [0.2, 0.25) is 0 Å². The predicted octanol–water partition coefficient (Wildman–Crippen LogP) is 1.25. The van der Waals surface area contributed by atoms with E-state index in [9.17, 15) is 4.79 Å². The number of cyclic esters (lactones) is 1. The summed E-state index contributed by atoms with van der Waals surface area (Å²) in [5, 5.41) is 0. The van der Waals surface area contributed by atoms with Gasteiger partial charge in [0.15, 0.2) is 0 Å². The van der Waals surface area contributed by atoms with Crippen molar-refractivity contribution >= 4 is 11.7 Å². The first-order valence-electron chi connectivity index (χ1n) is 3.74. The van der Waals surface area contributed by atoms with Crippen molar-refractivity contribution < 1.29 is 9.53 Å². The average molecular weight is 163 g/mol. The van der Waals surface area contributed by atoms with Crippen molar-refractivity contribution in [2.45, 2.75) is 13.5 Å². The minimum atomic E-state index is -0.242. The molecule has 0 spiro atoms. The molecule has 0 saturated heterocycles. The fourth-order valence-corrected chi connectivity index (χ4v) is 1.30. The summed E-state index contributed by atoms with van der Waals surface area (Å²) < 4.78 is 4.84. The van der Waals surface area contributed by atoms with Gasteiger partial charge in [-0.1, -0.05) is 0 Å². The van der Waals surface area contributed by atoms with Crippen LogP contribution in [0.2, 0.25) is 0 Å². The monoisotopic (exact) mass is 163 g/mol. The van der Waals surface area contributed by atoms with Crippen LogP contribution in [-0.4, -0.2) is 5.97 Å². The van der Waals surface area contributed by atoms with Gasteiger partial charge < -0.3 is 10.5 Å². The SMILES string of the molecule is Cc1cc2c(cc1N)COC2=O. The molecule has 3 nitrogen and oxygen atoms in total. The molecule has 2 rings (SSSR count). The van der Waals surface area contributed by atoms with Crippen molar-refractivity contribution in [3.05, 3.63) is 28.8 Å². The molecule has 12 heavy (non-hydrogen) atoms. The zero-order valence-electron chi connectivity index (χ0n) is 6.76. The second kappa shape index (κ2) is 2.24.